The van der Waals surface area contributed by atoms with Crippen molar-refractivity contribution in [2.75, 3.05) is 12.3 Å². The number of nitrogens with zero attached hydrogens (tertiary/aromatic N) is 2. The van der Waals surface area contributed by atoms with Crippen LogP contribution in [-0.2, 0) is 11.3 Å². The summed E-state index contributed by atoms with van der Waals surface area (Å²) in [4.78, 5) is 12.7. The van der Waals surface area contributed by atoms with E-state index in [1.165, 1.54) is 0 Å². The minimum absolute atomic E-state index is 0.0781. The molecule has 1 heterocycles. The van der Waals surface area contributed by atoms with Gasteiger partial charge in [-0.1, -0.05) is 18.2 Å². The van der Waals surface area contributed by atoms with E-state index in [9.17, 15) is 4.79 Å². The van der Waals surface area contributed by atoms with Gasteiger partial charge in [0.1, 0.15) is 0 Å². The number of carbonyl (C=O) groups is 1. The zero-order valence-corrected chi connectivity index (χ0v) is 11.5. The van der Waals surface area contributed by atoms with E-state index in [2.05, 4.69) is 10.4 Å². The fraction of sp³-hybridized carbons (Fsp3) is 0.286. The van der Waals surface area contributed by atoms with Crippen LogP contribution in [0.1, 0.15) is 6.42 Å². The molecule has 1 aromatic heterocycles. The van der Waals surface area contributed by atoms with Crippen LogP contribution in [0.2, 0.25) is 0 Å². The Morgan fingerprint density at radius 3 is 2.84 bits per heavy atom. The lowest BCUT2D eigenvalue weighted by molar-refractivity contribution is -0.118. The summed E-state index contributed by atoms with van der Waals surface area (Å²) in [5.41, 5.74) is 0. The Morgan fingerprint density at radius 1 is 1.26 bits per heavy atom. The first kappa shape index (κ1) is 13.7. The Bertz CT molecular complexity index is 485. The number of hydrogen-bond donors (Lipinski definition) is 1. The Morgan fingerprint density at radius 2 is 2.11 bits per heavy atom. The molecule has 0 bridgehead atoms. The van der Waals surface area contributed by atoms with Crippen molar-refractivity contribution >= 4 is 17.7 Å². The van der Waals surface area contributed by atoms with Crippen molar-refractivity contribution in [2.45, 2.75) is 17.9 Å². The molecular weight excluding hydrogens is 258 g/mol. The van der Waals surface area contributed by atoms with Gasteiger partial charge in [-0.15, -0.1) is 11.8 Å². The second kappa shape index (κ2) is 7.63. The minimum Gasteiger partial charge on any atom is -0.355 e. The van der Waals surface area contributed by atoms with Crippen LogP contribution < -0.4 is 5.32 Å². The molecule has 2 aromatic rings. The van der Waals surface area contributed by atoms with Gasteiger partial charge in [0.2, 0.25) is 5.91 Å². The fourth-order valence-corrected chi connectivity index (χ4v) is 2.37. The molecular formula is C14H17N3OS. The van der Waals surface area contributed by atoms with E-state index in [1.54, 1.807) is 18.0 Å². The molecule has 1 aromatic carbocycles. The number of aromatic nitrogens is 2. The normalized spacial score (nSPS) is 10.3. The van der Waals surface area contributed by atoms with Crippen molar-refractivity contribution in [3.8, 4) is 0 Å². The molecule has 0 aliphatic heterocycles. The van der Waals surface area contributed by atoms with Crippen LogP contribution in [0, 0.1) is 0 Å². The van der Waals surface area contributed by atoms with E-state index in [1.807, 2.05) is 47.3 Å². The number of hydrogen-bond acceptors (Lipinski definition) is 3. The average molecular weight is 275 g/mol. The maximum absolute atomic E-state index is 11.6. The third kappa shape index (κ3) is 5.18. The van der Waals surface area contributed by atoms with Crippen molar-refractivity contribution in [3.63, 3.8) is 0 Å². The van der Waals surface area contributed by atoms with Crippen LogP contribution in [0.4, 0.5) is 0 Å². The molecule has 0 atom stereocenters. The highest BCUT2D eigenvalue weighted by molar-refractivity contribution is 8.00. The lowest BCUT2D eigenvalue weighted by Gasteiger charge is -2.05. The Labute approximate surface area is 117 Å². The van der Waals surface area contributed by atoms with Crippen LogP contribution in [-0.4, -0.2) is 28.0 Å². The number of thioether (sulfide) groups is 1. The van der Waals surface area contributed by atoms with E-state index in [4.69, 9.17) is 0 Å². The van der Waals surface area contributed by atoms with Gasteiger partial charge in [0.25, 0.3) is 0 Å². The summed E-state index contributed by atoms with van der Waals surface area (Å²) in [7, 11) is 0. The molecule has 0 spiro atoms. The topological polar surface area (TPSA) is 46.9 Å². The molecule has 0 aliphatic rings. The summed E-state index contributed by atoms with van der Waals surface area (Å²) in [6.45, 7) is 1.52. The second-order valence-corrected chi connectivity index (χ2v) is 5.12. The van der Waals surface area contributed by atoms with Crippen LogP contribution in [0.15, 0.2) is 53.7 Å². The minimum atomic E-state index is 0.0781. The fourth-order valence-electron chi connectivity index (χ4n) is 1.62. The maximum Gasteiger partial charge on any atom is 0.230 e. The zero-order chi connectivity index (χ0) is 13.3. The standard InChI is InChI=1S/C14H17N3OS/c18-14(12-19-13-6-2-1-3-7-13)15-8-4-10-17-11-5-9-16-17/h1-3,5-7,9,11H,4,8,10,12H2,(H,15,18). The largest absolute Gasteiger partial charge is 0.355 e. The van der Waals surface area contributed by atoms with Crippen molar-refractivity contribution in [1.29, 1.82) is 0 Å². The van der Waals surface area contributed by atoms with Gasteiger partial charge in [-0.05, 0) is 24.6 Å². The van der Waals surface area contributed by atoms with Crippen molar-refractivity contribution < 1.29 is 4.79 Å². The first-order chi connectivity index (χ1) is 9.34. The lowest BCUT2D eigenvalue weighted by atomic mass is 10.4. The maximum atomic E-state index is 11.6. The number of carbonyl (C=O) groups excluding carboxylic acids is 1. The van der Waals surface area contributed by atoms with Crippen LogP contribution in [0.5, 0.6) is 0 Å². The smallest absolute Gasteiger partial charge is 0.230 e. The van der Waals surface area contributed by atoms with Crippen molar-refractivity contribution in [3.05, 3.63) is 48.8 Å². The zero-order valence-electron chi connectivity index (χ0n) is 10.7. The Kier molecular flexibility index (Phi) is 5.49. The predicted molar refractivity (Wildman–Crippen MR) is 77.0 cm³/mol. The van der Waals surface area contributed by atoms with E-state index >= 15 is 0 Å². The highest BCUT2D eigenvalue weighted by Crippen LogP contribution is 2.15. The molecule has 0 saturated heterocycles. The predicted octanol–water partition coefficient (Wildman–Crippen LogP) is 2.18. The number of aryl methyl sites for hydroxylation is 1. The SMILES string of the molecule is O=C(CSc1ccccc1)NCCCn1cccn1. The molecule has 2 rings (SSSR count). The van der Waals surface area contributed by atoms with Crippen LogP contribution in [0.3, 0.4) is 0 Å². The molecule has 0 radical (unpaired) electrons. The Balaban J connectivity index is 1.57. The van der Waals surface area contributed by atoms with E-state index in [-0.39, 0.29) is 5.91 Å². The summed E-state index contributed by atoms with van der Waals surface area (Å²) in [6.07, 6.45) is 4.57. The average Bonchev–Trinajstić information content (AvgIpc) is 2.96. The molecule has 1 amide bonds. The van der Waals surface area contributed by atoms with E-state index in [0.717, 1.165) is 17.9 Å². The highest BCUT2D eigenvalue weighted by atomic mass is 32.2. The molecule has 0 unspecified atom stereocenters. The number of rotatable bonds is 7. The molecule has 0 aliphatic carbocycles. The summed E-state index contributed by atoms with van der Waals surface area (Å²) >= 11 is 1.55. The third-order valence-electron chi connectivity index (χ3n) is 2.56. The monoisotopic (exact) mass is 275 g/mol. The molecule has 1 N–H and O–H groups in total. The van der Waals surface area contributed by atoms with Gasteiger partial charge >= 0.3 is 0 Å². The molecule has 100 valence electrons. The van der Waals surface area contributed by atoms with Crippen LogP contribution >= 0.6 is 11.8 Å². The Hall–Kier alpha value is -1.75. The van der Waals surface area contributed by atoms with Crippen LogP contribution in [0.25, 0.3) is 0 Å². The molecule has 0 fully saturated rings. The van der Waals surface area contributed by atoms with Gasteiger partial charge in [-0.25, -0.2) is 0 Å². The van der Waals surface area contributed by atoms with Gasteiger partial charge in [-0.2, -0.15) is 5.10 Å². The summed E-state index contributed by atoms with van der Waals surface area (Å²) in [6, 6.07) is 11.8. The first-order valence-electron chi connectivity index (χ1n) is 6.26. The van der Waals surface area contributed by atoms with Gasteiger partial charge in [0.15, 0.2) is 0 Å². The number of benzene rings is 1. The van der Waals surface area contributed by atoms with Crippen molar-refractivity contribution in [1.82, 2.24) is 15.1 Å². The van der Waals surface area contributed by atoms with E-state index < -0.39 is 0 Å². The number of nitrogens with one attached hydrogen (secondary N) is 1. The third-order valence-corrected chi connectivity index (χ3v) is 3.57. The molecule has 0 saturated carbocycles. The second-order valence-electron chi connectivity index (χ2n) is 4.07. The van der Waals surface area contributed by atoms with Gasteiger partial charge in [-0.3, -0.25) is 9.48 Å². The summed E-state index contributed by atoms with van der Waals surface area (Å²) < 4.78 is 1.87. The first-order valence-corrected chi connectivity index (χ1v) is 7.25. The van der Waals surface area contributed by atoms with E-state index in [0.29, 0.717) is 12.3 Å². The van der Waals surface area contributed by atoms with Gasteiger partial charge < -0.3 is 5.32 Å². The lowest BCUT2D eigenvalue weighted by Crippen LogP contribution is -2.26. The quantitative estimate of drug-likeness (QED) is 0.622. The molecule has 4 nitrogen and oxygen atoms in total. The highest BCUT2D eigenvalue weighted by Gasteiger charge is 2.01. The summed E-state index contributed by atoms with van der Waals surface area (Å²) in [5, 5.41) is 7.02. The van der Waals surface area contributed by atoms with Gasteiger partial charge in [0, 0.05) is 30.4 Å². The summed E-state index contributed by atoms with van der Waals surface area (Å²) in [5.74, 6) is 0.542. The van der Waals surface area contributed by atoms with Gasteiger partial charge in [0.05, 0.1) is 5.75 Å². The number of amides is 1. The molecule has 5 heteroatoms. The molecule has 19 heavy (non-hydrogen) atoms. The van der Waals surface area contributed by atoms with Crippen molar-refractivity contribution in [2.24, 2.45) is 0 Å².